The average Bonchev–Trinajstić information content (AvgIpc) is 2.39. The maximum absolute atomic E-state index is 10.8. The lowest BCUT2D eigenvalue weighted by Gasteiger charge is -2.32. The Balaban J connectivity index is 2.04. The molecule has 2 heterocycles. The van der Waals surface area contributed by atoms with E-state index in [-0.39, 0.29) is 10.6 Å². The molecule has 1 N–H and O–H groups in total. The molecule has 0 bridgehead atoms. The number of nitrogens with one attached hydrogen (secondary N) is 1. The van der Waals surface area contributed by atoms with Crippen LogP contribution in [-0.4, -0.2) is 36.6 Å². The molecule has 1 fully saturated rings. The largest absolute Gasteiger partial charge is 0.357 e. The fraction of sp³-hybridized carbons (Fsp3) is 0.615. The van der Waals surface area contributed by atoms with E-state index in [1.165, 1.54) is 0 Å². The summed E-state index contributed by atoms with van der Waals surface area (Å²) in [6, 6.07) is 3.31. The first-order valence-corrected chi connectivity index (χ1v) is 6.63. The van der Waals surface area contributed by atoms with Gasteiger partial charge in [0, 0.05) is 19.2 Å². The second-order valence-electron chi connectivity index (χ2n) is 5.02. The fourth-order valence-corrected chi connectivity index (χ4v) is 2.56. The Morgan fingerprint density at radius 2 is 2.16 bits per heavy atom. The molecule has 6 nitrogen and oxygen atoms in total. The van der Waals surface area contributed by atoms with E-state index < -0.39 is 0 Å². The lowest BCUT2D eigenvalue weighted by Crippen LogP contribution is -2.37. The van der Waals surface area contributed by atoms with Gasteiger partial charge in [0.25, 0.3) is 5.69 Å². The molecular formula is C13H20N4O2. The minimum absolute atomic E-state index is 0.0915. The van der Waals surface area contributed by atoms with Gasteiger partial charge in [0.2, 0.25) is 0 Å². The Morgan fingerprint density at radius 1 is 1.47 bits per heavy atom. The van der Waals surface area contributed by atoms with Gasteiger partial charge in [-0.3, -0.25) is 10.1 Å². The summed E-state index contributed by atoms with van der Waals surface area (Å²) in [5.74, 6) is 1.58. The Bertz CT molecular complexity index is 456. The zero-order valence-corrected chi connectivity index (χ0v) is 11.4. The number of piperidine rings is 1. The first-order chi connectivity index (χ1) is 9.11. The first kappa shape index (κ1) is 13.7. The molecule has 0 saturated carbocycles. The third-order valence-electron chi connectivity index (χ3n) is 3.67. The van der Waals surface area contributed by atoms with Crippen molar-refractivity contribution in [1.29, 1.82) is 0 Å². The van der Waals surface area contributed by atoms with Crippen LogP contribution in [0.2, 0.25) is 0 Å². The Morgan fingerprint density at radius 3 is 2.68 bits per heavy atom. The summed E-state index contributed by atoms with van der Waals surface area (Å²) < 4.78 is 0. The van der Waals surface area contributed by atoms with Crippen LogP contribution in [0.15, 0.2) is 12.1 Å². The number of pyridine rings is 1. The number of rotatable bonds is 4. The maximum atomic E-state index is 10.8. The second kappa shape index (κ2) is 5.97. The van der Waals surface area contributed by atoms with Crippen LogP contribution in [0, 0.1) is 23.0 Å². The van der Waals surface area contributed by atoms with Crippen molar-refractivity contribution in [1.82, 2.24) is 10.3 Å². The van der Waals surface area contributed by atoms with Crippen LogP contribution in [0.1, 0.15) is 18.5 Å². The average molecular weight is 264 g/mol. The van der Waals surface area contributed by atoms with E-state index in [0.717, 1.165) is 44.2 Å². The van der Waals surface area contributed by atoms with E-state index >= 15 is 0 Å². The molecule has 1 aliphatic rings. The van der Waals surface area contributed by atoms with Crippen molar-refractivity contribution in [3.8, 4) is 0 Å². The summed E-state index contributed by atoms with van der Waals surface area (Å²) in [6.45, 7) is 4.68. The zero-order chi connectivity index (χ0) is 13.8. The van der Waals surface area contributed by atoms with E-state index in [9.17, 15) is 10.1 Å². The van der Waals surface area contributed by atoms with Gasteiger partial charge in [-0.25, -0.2) is 4.98 Å². The minimum Gasteiger partial charge on any atom is -0.357 e. The number of hydrogen-bond acceptors (Lipinski definition) is 5. The minimum atomic E-state index is -0.384. The van der Waals surface area contributed by atoms with Crippen molar-refractivity contribution >= 4 is 11.5 Å². The van der Waals surface area contributed by atoms with Crippen molar-refractivity contribution in [3.63, 3.8) is 0 Å². The zero-order valence-electron chi connectivity index (χ0n) is 11.4. The van der Waals surface area contributed by atoms with E-state index in [1.54, 1.807) is 19.1 Å². The van der Waals surface area contributed by atoms with Crippen LogP contribution in [0.5, 0.6) is 0 Å². The van der Waals surface area contributed by atoms with Crippen molar-refractivity contribution in [2.24, 2.45) is 5.92 Å². The van der Waals surface area contributed by atoms with Gasteiger partial charge in [0.15, 0.2) is 0 Å². The lowest BCUT2D eigenvalue weighted by molar-refractivity contribution is -0.385. The molecule has 0 amide bonds. The third kappa shape index (κ3) is 3.20. The topological polar surface area (TPSA) is 71.3 Å². The predicted octanol–water partition coefficient (Wildman–Crippen LogP) is 1.73. The van der Waals surface area contributed by atoms with Crippen LogP contribution < -0.4 is 10.2 Å². The quantitative estimate of drug-likeness (QED) is 0.662. The van der Waals surface area contributed by atoms with Crippen LogP contribution in [0.25, 0.3) is 0 Å². The van der Waals surface area contributed by atoms with Crippen LogP contribution >= 0.6 is 0 Å². The van der Waals surface area contributed by atoms with Crippen molar-refractivity contribution in [2.45, 2.75) is 19.8 Å². The molecular weight excluding hydrogens is 244 g/mol. The van der Waals surface area contributed by atoms with E-state index in [4.69, 9.17) is 0 Å². The summed E-state index contributed by atoms with van der Waals surface area (Å²) in [7, 11) is 1.98. The standard InChI is InChI=1S/C13H20N4O2/c1-10-12(17(18)19)3-4-13(15-10)16-7-5-11(6-8-16)9-14-2/h3-4,11,14H,5-9H2,1-2H3. The van der Waals surface area contributed by atoms with Gasteiger partial charge in [-0.2, -0.15) is 0 Å². The number of hydrogen-bond donors (Lipinski definition) is 1. The van der Waals surface area contributed by atoms with Crippen molar-refractivity contribution < 1.29 is 4.92 Å². The fourth-order valence-electron chi connectivity index (χ4n) is 2.56. The summed E-state index contributed by atoms with van der Waals surface area (Å²) in [5, 5.41) is 14.0. The van der Waals surface area contributed by atoms with Gasteiger partial charge in [-0.1, -0.05) is 0 Å². The Hall–Kier alpha value is -1.69. The summed E-state index contributed by atoms with van der Waals surface area (Å²) in [4.78, 5) is 17.0. The molecule has 1 saturated heterocycles. The normalized spacial score (nSPS) is 16.6. The molecule has 0 spiro atoms. The summed E-state index contributed by atoms with van der Waals surface area (Å²) >= 11 is 0. The molecule has 0 aliphatic carbocycles. The number of nitro groups is 1. The summed E-state index contributed by atoms with van der Waals surface area (Å²) in [6.07, 6.45) is 2.27. The molecule has 0 radical (unpaired) electrons. The molecule has 104 valence electrons. The molecule has 19 heavy (non-hydrogen) atoms. The Kier molecular flexibility index (Phi) is 4.31. The molecule has 1 aromatic rings. The first-order valence-electron chi connectivity index (χ1n) is 6.63. The molecule has 0 atom stereocenters. The van der Waals surface area contributed by atoms with Crippen LogP contribution in [0.3, 0.4) is 0 Å². The van der Waals surface area contributed by atoms with Gasteiger partial charge in [-0.15, -0.1) is 0 Å². The van der Waals surface area contributed by atoms with Gasteiger partial charge < -0.3 is 10.2 Å². The number of aromatic nitrogens is 1. The number of aryl methyl sites for hydroxylation is 1. The highest BCUT2D eigenvalue weighted by Gasteiger charge is 2.21. The third-order valence-corrected chi connectivity index (χ3v) is 3.67. The predicted molar refractivity (Wildman–Crippen MR) is 74.5 cm³/mol. The van der Waals surface area contributed by atoms with E-state index in [2.05, 4.69) is 15.2 Å². The van der Waals surface area contributed by atoms with Crippen molar-refractivity contribution in [3.05, 3.63) is 27.9 Å². The molecule has 1 aliphatic heterocycles. The molecule has 1 aromatic heterocycles. The van der Waals surface area contributed by atoms with E-state index in [1.807, 2.05) is 7.05 Å². The van der Waals surface area contributed by atoms with Gasteiger partial charge in [0.1, 0.15) is 11.5 Å². The number of nitrogens with zero attached hydrogens (tertiary/aromatic N) is 3. The Labute approximate surface area is 113 Å². The maximum Gasteiger partial charge on any atom is 0.290 e. The highest BCUT2D eigenvalue weighted by Crippen LogP contribution is 2.24. The van der Waals surface area contributed by atoms with Crippen molar-refractivity contribution in [2.75, 3.05) is 31.6 Å². The van der Waals surface area contributed by atoms with E-state index in [0.29, 0.717) is 5.69 Å². The van der Waals surface area contributed by atoms with Crippen LogP contribution in [-0.2, 0) is 0 Å². The van der Waals surface area contributed by atoms with Gasteiger partial charge in [-0.05, 0) is 45.3 Å². The lowest BCUT2D eigenvalue weighted by atomic mass is 9.97. The monoisotopic (exact) mass is 264 g/mol. The second-order valence-corrected chi connectivity index (χ2v) is 5.02. The van der Waals surface area contributed by atoms with Gasteiger partial charge >= 0.3 is 0 Å². The SMILES string of the molecule is CNCC1CCN(c2ccc([N+](=O)[O-])c(C)n2)CC1. The molecule has 2 rings (SSSR count). The highest BCUT2D eigenvalue weighted by molar-refractivity contribution is 5.47. The summed E-state index contributed by atoms with van der Waals surface area (Å²) in [5.41, 5.74) is 0.577. The van der Waals surface area contributed by atoms with Crippen LogP contribution in [0.4, 0.5) is 11.5 Å². The smallest absolute Gasteiger partial charge is 0.290 e. The highest BCUT2D eigenvalue weighted by atomic mass is 16.6. The van der Waals surface area contributed by atoms with Gasteiger partial charge in [0.05, 0.1) is 4.92 Å². The molecule has 0 unspecified atom stereocenters. The molecule has 0 aromatic carbocycles. The number of anilines is 1. The molecule has 6 heteroatoms.